The molecule has 0 radical (unpaired) electrons. The fraction of sp³-hybridized carbons (Fsp3) is 0.250. The van der Waals surface area contributed by atoms with Crippen molar-refractivity contribution in [2.75, 3.05) is 0 Å². The van der Waals surface area contributed by atoms with Crippen molar-refractivity contribution in [3.63, 3.8) is 0 Å². The molecule has 2 aromatic rings. The molecule has 0 aliphatic heterocycles. The summed E-state index contributed by atoms with van der Waals surface area (Å²) in [5, 5.41) is 29.4. The molecule has 0 atom stereocenters. The van der Waals surface area contributed by atoms with E-state index >= 15 is 0 Å². The lowest BCUT2D eigenvalue weighted by Crippen LogP contribution is -1.93. The first-order valence-electron chi connectivity index (χ1n) is 6.43. The van der Waals surface area contributed by atoms with Gasteiger partial charge in [0.05, 0.1) is 0 Å². The van der Waals surface area contributed by atoms with Crippen LogP contribution in [0.2, 0.25) is 0 Å². The van der Waals surface area contributed by atoms with Gasteiger partial charge in [-0.2, -0.15) is 0 Å². The van der Waals surface area contributed by atoms with Crippen LogP contribution in [0.3, 0.4) is 0 Å². The molecule has 0 aliphatic carbocycles. The summed E-state index contributed by atoms with van der Waals surface area (Å²) in [5.74, 6) is 0.331. The molecule has 0 heterocycles. The van der Waals surface area contributed by atoms with E-state index in [1.54, 1.807) is 12.1 Å². The Kier molecular flexibility index (Phi) is 3.65. The number of hydrogen-bond acceptors (Lipinski definition) is 3. The second-order valence-electron chi connectivity index (χ2n) is 4.54. The maximum atomic E-state index is 10.2. The molecule has 0 aromatic heterocycles. The third-order valence-corrected chi connectivity index (χ3v) is 3.31. The third kappa shape index (κ3) is 2.50. The Balaban J connectivity index is 2.65. The van der Waals surface area contributed by atoms with Crippen molar-refractivity contribution in [1.82, 2.24) is 0 Å². The Morgan fingerprint density at radius 1 is 0.842 bits per heavy atom. The van der Waals surface area contributed by atoms with Crippen LogP contribution in [0, 0.1) is 0 Å². The van der Waals surface area contributed by atoms with Gasteiger partial charge in [-0.1, -0.05) is 26.0 Å². The summed E-state index contributed by atoms with van der Waals surface area (Å²) in [4.78, 5) is 0. The number of hydrogen-bond donors (Lipinski definition) is 3. The highest BCUT2D eigenvalue weighted by atomic mass is 16.3. The normalized spacial score (nSPS) is 10.6. The van der Waals surface area contributed by atoms with Crippen LogP contribution in [0.5, 0.6) is 17.2 Å². The van der Waals surface area contributed by atoms with Gasteiger partial charge in [-0.15, -0.1) is 0 Å². The summed E-state index contributed by atoms with van der Waals surface area (Å²) in [6.07, 6.45) is 1.45. The van der Waals surface area contributed by atoms with Crippen LogP contribution in [0.25, 0.3) is 11.1 Å². The molecular weight excluding hydrogens is 240 g/mol. The topological polar surface area (TPSA) is 60.7 Å². The van der Waals surface area contributed by atoms with E-state index in [0.29, 0.717) is 17.7 Å². The third-order valence-electron chi connectivity index (χ3n) is 3.31. The predicted octanol–water partition coefficient (Wildman–Crippen LogP) is 3.60. The second kappa shape index (κ2) is 5.22. The van der Waals surface area contributed by atoms with Crippen LogP contribution in [0.15, 0.2) is 30.3 Å². The number of benzene rings is 2. The van der Waals surface area contributed by atoms with Gasteiger partial charge in [-0.3, -0.25) is 0 Å². The zero-order valence-corrected chi connectivity index (χ0v) is 11.1. The lowest BCUT2D eigenvalue weighted by molar-refractivity contribution is 0.450. The minimum absolute atomic E-state index is 0.0103. The van der Waals surface area contributed by atoms with Crippen molar-refractivity contribution in [3.8, 4) is 28.4 Å². The molecule has 3 heteroatoms. The number of phenols is 3. The highest BCUT2D eigenvalue weighted by Crippen LogP contribution is 2.36. The maximum Gasteiger partial charge on any atom is 0.122 e. The first kappa shape index (κ1) is 13.3. The summed E-state index contributed by atoms with van der Waals surface area (Å²) < 4.78 is 0. The van der Waals surface area contributed by atoms with Gasteiger partial charge >= 0.3 is 0 Å². The van der Waals surface area contributed by atoms with E-state index in [2.05, 4.69) is 0 Å². The lowest BCUT2D eigenvalue weighted by Gasteiger charge is -2.14. The summed E-state index contributed by atoms with van der Waals surface area (Å²) in [7, 11) is 0. The molecule has 0 saturated carbocycles. The Morgan fingerprint density at radius 2 is 1.47 bits per heavy atom. The van der Waals surface area contributed by atoms with E-state index in [4.69, 9.17) is 0 Å². The van der Waals surface area contributed by atoms with Gasteiger partial charge in [-0.05, 0) is 41.7 Å². The number of phenolic OH excluding ortho intramolecular Hbond substituents is 3. The Bertz CT molecular complexity index is 583. The monoisotopic (exact) mass is 258 g/mol. The maximum absolute atomic E-state index is 10.2. The minimum atomic E-state index is 0.0103. The molecule has 0 unspecified atom stereocenters. The molecule has 0 amide bonds. The molecule has 3 N–H and O–H groups in total. The van der Waals surface area contributed by atoms with Crippen LogP contribution >= 0.6 is 0 Å². The smallest absolute Gasteiger partial charge is 0.122 e. The SMILES string of the molecule is CCc1ccc(-c2cc(O)cc(O)c2)c(CC)c1O. The minimum Gasteiger partial charge on any atom is -0.508 e. The van der Waals surface area contributed by atoms with Crippen LogP contribution in [-0.2, 0) is 12.8 Å². The zero-order valence-electron chi connectivity index (χ0n) is 11.1. The fourth-order valence-corrected chi connectivity index (χ4v) is 2.35. The fourth-order valence-electron chi connectivity index (χ4n) is 2.35. The molecule has 3 nitrogen and oxygen atoms in total. The van der Waals surface area contributed by atoms with Crippen LogP contribution in [-0.4, -0.2) is 15.3 Å². The van der Waals surface area contributed by atoms with Crippen molar-refractivity contribution in [2.24, 2.45) is 0 Å². The first-order chi connectivity index (χ1) is 9.06. The molecule has 2 aromatic carbocycles. The van der Waals surface area contributed by atoms with E-state index in [0.717, 1.165) is 23.1 Å². The lowest BCUT2D eigenvalue weighted by atomic mass is 9.94. The number of rotatable bonds is 3. The number of aromatic hydroxyl groups is 3. The van der Waals surface area contributed by atoms with Crippen molar-refractivity contribution in [1.29, 1.82) is 0 Å². The van der Waals surface area contributed by atoms with Crippen LogP contribution < -0.4 is 0 Å². The second-order valence-corrected chi connectivity index (χ2v) is 4.54. The Morgan fingerprint density at radius 3 is 2.00 bits per heavy atom. The molecule has 0 spiro atoms. The van der Waals surface area contributed by atoms with Gasteiger partial charge in [0.1, 0.15) is 17.2 Å². The van der Waals surface area contributed by atoms with E-state index in [-0.39, 0.29) is 11.5 Å². The van der Waals surface area contributed by atoms with Crippen molar-refractivity contribution >= 4 is 0 Å². The molecule has 0 bridgehead atoms. The molecule has 0 aliphatic rings. The van der Waals surface area contributed by atoms with Crippen molar-refractivity contribution in [2.45, 2.75) is 26.7 Å². The molecule has 0 saturated heterocycles. The van der Waals surface area contributed by atoms with Gasteiger partial charge in [0, 0.05) is 11.6 Å². The predicted molar refractivity (Wildman–Crippen MR) is 75.6 cm³/mol. The molecule has 19 heavy (non-hydrogen) atoms. The van der Waals surface area contributed by atoms with E-state index in [9.17, 15) is 15.3 Å². The molecule has 2 rings (SSSR count). The molecular formula is C16H18O3. The summed E-state index contributed by atoms with van der Waals surface area (Å²) >= 11 is 0. The van der Waals surface area contributed by atoms with Crippen LogP contribution in [0.4, 0.5) is 0 Å². The summed E-state index contributed by atoms with van der Waals surface area (Å²) in [5.41, 5.74) is 3.28. The highest BCUT2D eigenvalue weighted by Gasteiger charge is 2.13. The van der Waals surface area contributed by atoms with Crippen molar-refractivity contribution < 1.29 is 15.3 Å². The van der Waals surface area contributed by atoms with Crippen molar-refractivity contribution in [3.05, 3.63) is 41.5 Å². The average molecular weight is 258 g/mol. The van der Waals surface area contributed by atoms with Gasteiger partial charge in [0.25, 0.3) is 0 Å². The number of aryl methyl sites for hydroxylation is 1. The average Bonchev–Trinajstić information content (AvgIpc) is 2.37. The largest absolute Gasteiger partial charge is 0.508 e. The Labute approximate surface area is 112 Å². The molecule has 100 valence electrons. The zero-order chi connectivity index (χ0) is 14.0. The summed E-state index contributed by atoms with van der Waals surface area (Å²) in [6, 6.07) is 8.25. The van der Waals surface area contributed by atoms with Gasteiger partial charge in [0.2, 0.25) is 0 Å². The van der Waals surface area contributed by atoms with Gasteiger partial charge in [0.15, 0.2) is 0 Å². The first-order valence-corrected chi connectivity index (χ1v) is 6.43. The van der Waals surface area contributed by atoms with E-state index in [1.165, 1.54) is 6.07 Å². The van der Waals surface area contributed by atoms with E-state index < -0.39 is 0 Å². The van der Waals surface area contributed by atoms with Crippen LogP contribution in [0.1, 0.15) is 25.0 Å². The quantitative estimate of drug-likeness (QED) is 0.788. The van der Waals surface area contributed by atoms with Gasteiger partial charge < -0.3 is 15.3 Å². The highest BCUT2D eigenvalue weighted by molar-refractivity contribution is 5.73. The standard InChI is InChI=1S/C16H18O3/c1-3-10-5-6-15(14(4-2)16(10)19)11-7-12(17)9-13(18)8-11/h5-9,17-19H,3-4H2,1-2H3. The Hall–Kier alpha value is -2.16. The van der Waals surface area contributed by atoms with Gasteiger partial charge in [-0.25, -0.2) is 0 Å². The van der Waals surface area contributed by atoms with E-state index in [1.807, 2.05) is 26.0 Å². The summed E-state index contributed by atoms with van der Waals surface area (Å²) in [6.45, 7) is 3.97. The molecule has 0 fully saturated rings.